The molecule has 1 aliphatic rings. The van der Waals surface area contributed by atoms with Crippen molar-refractivity contribution in [3.63, 3.8) is 0 Å². The van der Waals surface area contributed by atoms with E-state index in [0.717, 1.165) is 10.8 Å². The molecule has 3 atom stereocenters. The first-order valence-electron chi connectivity index (χ1n) is 6.90. The molecule has 0 radical (unpaired) electrons. The van der Waals surface area contributed by atoms with Crippen LogP contribution in [0.3, 0.4) is 0 Å². The molecule has 0 spiro atoms. The molecule has 2 rings (SSSR count). The molecule has 22 heavy (non-hydrogen) atoms. The van der Waals surface area contributed by atoms with Crippen LogP contribution >= 0.6 is 0 Å². The van der Waals surface area contributed by atoms with Crippen LogP contribution in [0.2, 0.25) is 0 Å². The monoisotopic (exact) mass is 315 g/mol. The maximum atomic E-state index is 13.6. The number of hydrogen-bond acceptors (Lipinski definition) is 5. The van der Waals surface area contributed by atoms with Crippen molar-refractivity contribution in [1.82, 2.24) is 9.55 Å². The van der Waals surface area contributed by atoms with Gasteiger partial charge in [0.2, 0.25) is 5.91 Å². The van der Waals surface area contributed by atoms with Crippen molar-refractivity contribution < 1.29 is 19.0 Å². The van der Waals surface area contributed by atoms with E-state index in [1.54, 1.807) is 13.8 Å². The van der Waals surface area contributed by atoms with Crippen molar-refractivity contribution in [3.8, 4) is 0 Å². The Morgan fingerprint density at radius 1 is 1.59 bits per heavy atom. The lowest BCUT2D eigenvalue weighted by atomic mass is 10.2. The van der Waals surface area contributed by atoms with Gasteiger partial charge in [0, 0.05) is 18.5 Å². The molecule has 3 N–H and O–H groups in total. The number of hydrogen-bond donors (Lipinski definition) is 3. The molecule has 2 heterocycles. The van der Waals surface area contributed by atoms with Crippen LogP contribution in [0.15, 0.2) is 15.8 Å². The lowest BCUT2D eigenvalue weighted by molar-refractivity contribution is -0.118. The quantitative estimate of drug-likeness (QED) is 0.709. The van der Waals surface area contributed by atoms with Gasteiger partial charge in [-0.2, -0.15) is 0 Å². The zero-order chi connectivity index (χ0) is 16.4. The number of ether oxygens (including phenoxy) is 1. The molecule has 0 saturated carbocycles. The number of nitrogens with zero attached hydrogens (tertiary/aromatic N) is 1. The molecule has 1 amide bonds. The highest BCUT2D eigenvalue weighted by molar-refractivity contribution is 5.91. The molecule has 1 fully saturated rings. The van der Waals surface area contributed by atoms with Gasteiger partial charge in [0.15, 0.2) is 0 Å². The summed E-state index contributed by atoms with van der Waals surface area (Å²) in [4.78, 5) is 37.2. The summed E-state index contributed by atoms with van der Waals surface area (Å²) in [5, 5.41) is 11.4. The van der Waals surface area contributed by atoms with Crippen LogP contribution in [0.1, 0.15) is 26.5 Å². The first kappa shape index (κ1) is 16.4. The van der Waals surface area contributed by atoms with E-state index in [1.165, 1.54) is 0 Å². The van der Waals surface area contributed by atoms with Gasteiger partial charge in [-0.25, -0.2) is 9.18 Å². The Morgan fingerprint density at radius 2 is 2.27 bits per heavy atom. The normalized spacial score (nSPS) is 24.7. The van der Waals surface area contributed by atoms with Gasteiger partial charge in [0.05, 0.1) is 6.61 Å². The van der Waals surface area contributed by atoms with Gasteiger partial charge < -0.3 is 15.2 Å². The smallest absolute Gasteiger partial charge is 0.330 e. The number of nitrogens with one attached hydrogen (secondary N) is 2. The largest absolute Gasteiger partial charge is 0.394 e. The van der Waals surface area contributed by atoms with Crippen LogP contribution in [0.4, 0.5) is 10.1 Å². The summed E-state index contributed by atoms with van der Waals surface area (Å²) in [6.07, 6.45) is -2.39. The van der Waals surface area contributed by atoms with Crippen molar-refractivity contribution in [3.05, 3.63) is 27.0 Å². The number of anilines is 1. The van der Waals surface area contributed by atoms with E-state index in [0.29, 0.717) is 0 Å². The van der Waals surface area contributed by atoms with E-state index in [9.17, 15) is 18.8 Å². The highest BCUT2D eigenvalue weighted by atomic mass is 19.1. The Bertz CT molecular complexity index is 668. The summed E-state index contributed by atoms with van der Waals surface area (Å²) in [5.41, 5.74) is -1.64. The fraction of sp³-hybridized carbons (Fsp3) is 0.615. The topological polar surface area (TPSA) is 113 Å². The molecule has 0 bridgehead atoms. The summed E-state index contributed by atoms with van der Waals surface area (Å²) < 4.78 is 19.8. The molecule has 1 aliphatic heterocycles. The van der Waals surface area contributed by atoms with Crippen molar-refractivity contribution in [2.24, 2.45) is 5.92 Å². The van der Waals surface area contributed by atoms with Crippen LogP contribution in [-0.4, -0.2) is 39.4 Å². The van der Waals surface area contributed by atoms with Gasteiger partial charge in [0.1, 0.15) is 24.2 Å². The number of amides is 1. The second kappa shape index (κ2) is 6.41. The van der Waals surface area contributed by atoms with Crippen LogP contribution < -0.4 is 16.6 Å². The van der Waals surface area contributed by atoms with Gasteiger partial charge in [-0.3, -0.25) is 19.1 Å². The summed E-state index contributed by atoms with van der Waals surface area (Å²) >= 11 is 0. The Morgan fingerprint density at radius 3 is 2.82 bits per heavy atom. The van der Waals surface area contributed by atoms with Gasteiger partial charge >= 0.3 is 5.69 Å². The third-order valence-electron chi connectivity index (χ3n) is 3.40. The minimum Gasteiger partial charge on any atom is -0.394 e. The predicted molar refractivity (Wildman–Crippen MR) is 75.3 cm³/mol. The van der Waals surface area contributed by atoms with E-state index in [-0.39, 0.29) is 23.9 Å². The van der Waals surface area contributed by atoms with E-state index in [4.69, 9.17) is 9.84 Å². The average molecular weight is 315 g/mol. The second-order valence-corrected chi connectivity index (χ2v) is 5.42. The molecule has 0 unspecified atom stereocenters. The fourth-order valence-corrected chi connectivity index (χ4v) is 2.09. The SMILES string of the molecule is CC(C)C(=O)Nc1cn([C@@H]2C[C@H](F)[C@@H](CO)O2)c(=O)[nH]c1=O. The zero-order valence-corrected chi connectivity index (χ0v) is 12.2. The van der Waals surface area contributed by atoms with Crippen molar-refractivity contribution in [1.29, 1.82) is 0 Å². The van der Waals surface area contributed by atoms with E-state index in [1.807, 2.05) is 4.98 Å². The Hall–Kier alpha value is -2.00. The lowest BCUT2D eigenvalue weighted by Crippen LogP contribution is -2.35. The Balaban J connectivity index is 2.31. The minimum absolute atomic E-state index is 0.121. The maximum absolute atomic E-state index is 13.6. The number of rotatable bonds is 4. The van der Waals surface area contributed by atoms with Crippen LogP contribution in [0.5, 0.6) is 0 Å². The Kier molecular flexibility index (Phi) is 4.77. The molecule has 0 aromatic carbocycles. The number of aromatic nitrogens is 2. The fourth-order valence-electron chi connectivity index (χ4n) is 2.09. The van der Waals surface area contributed by atoms with Crippen molar-refractivity contribution >= 4 is 11.6 Å². The standard InChI is InChI=1S/C13H18FN3O5/c1-6(2)11(19)15-8-4-17(13(21)16-12(8)20)10-3-7(14)9(5-18)22-10/h4,6-7,9-10,18H,3,5H2,1-2H3,(H,15,19)(H,16,20,21)/t7-,9+,10-/m0/s1. The summed E-state index contributed by atoms with van der Waals surface area (Å²) in [5.74, 6) is -0.740. The number of aromatic amines is 1. The first-order chi connectivity index (χ1) is 10.3. The molecular formula is C13H18FN3O5. The van der Waals surface area contributed by atoms with Crippen LogP contribution in [0.25, 0.3) is 0 Å². The molecule has 1 aromatic rings. The average Bonchev–Trinajstić information content (AvgIpc) is 2.82. The third-order valence-corrected chi connectivity index (χ3v) is 3.40. The van der Waals surface area contributed by atoms with E-state index < -0.39 is 36.4 Å². The first-order valence-corrected chi connectivity index (χ1v) is 6.90. The number of alkyl halides is 1. The second-order valence-electron chi connectivity index (χ2n) is 5.42. The van der Waals surface area contributed by atoms with Crippen LogP contribution in [-0.2, 0) is 9.53 Å². The number of carbonyl (C=O) groups is 1. The van der Waals surface area contributed by atoms with Crippen molar-refractivity contribution in [2.75, 3.05) is 11.9 Å². The van der Waals surface area contributed by atoms with Gasteiger partial charge in [0.25, 0.3) is 5.56 Å². The van der Waals surface area contributed by atoms with Crippen molar-refractivity contribution in [2.45, 2.75) is 38.8 Å². The number of aliphatic hydroxyl groups is 1. The molecule has 0 aliphatic carbocycles. The van der Waals surface area contributed by atoms with Gasteiger partial charge in [-0.1, -0.05) is 13.8 Å². The third kappa shape index (κ3) is 3.25. The highest BCUT2D eigenvalue weighted by Crippen LogP contribution is 2.29. The van der Waals surface area contributed by atoms with E-state index in [2.05, 4.69) is 5.32 Å². The number of aliphatic hydroxyl groups excluding tert-OH is 1. The van der Waals surface area contributed by atoms with Crippen LogP contribution in [0, 0.1) is 5.92 Å². The number of halogens is 1. The van der Waals surface area contributed by atoms with Gasteiger partial charge in [-0.05, 0) is 0 Å². The minimum atomic E-state index is -1.41. The molecule has 1 aromatic heterocycles. The highest BCUT2D eigenvalue weighted by Gasteiger charge is 2.36. The van der Waals surface area contributed by atoms with E-state index >= 15 is 0 Å². The molecule has 9 heteroatoms. The predicted octanol–water partition coefficient (Wildman–Crippen LogP) is -0.251. The summed E-state index contributed by atoms with van der Waals surface area (Å²) in [6.45, 7) is 2.80. The summed E-state index contributed by atoms with van der Waals surface area (Å²) in [6, 6.07) is 0. The Labute approximate surface area is 124 Å². The lowest BCUT2D eigenvalue weighted by Gasteiger charge is -2.15. The number of carbonyl (C=O) groups excluding carboxylic acids is 1. The molecule has 1 saturated heterocycles. The zero-order valence-electron chi connectivity index (χ0n) is 12.2. The number of H-pyrrole nitrogens is 1. The molecule has 122 valence electrons. The molecular weight excluding hydrogens is 297 g/mol. The molecule has 8 nitrogen and oxygen atoms in total. The maximum Gasteiger partial charge on any atom is 0.330 e. The summed E-state index contributed by atoms with van der Waals surface area (Å²) in [7, 11) is 0. The van der Waals surface area contributed by atoms with Gasteiger partial charge in [-0.15, -0.1) is 0 Å².